The Morgan fingerprint density at radius 2 is 1.89 bits per heavy atom. The number of hydrogen-bond acceptors (Lipinski definition) is 2. The van der Waals surface area contributed by atoms with Crippen LogP contribution in [-0.2, 0) is 6.54 Å². The first kappa shape index (κ1) is 13.6. The first-order valence-electron chi connectivity index (χ1n) is 5.75. The maximum atomic E-state index is 13.7. The van der Waals surface area contributed by atoms with Crippen molar-refractivity contribution in [2.45, 2.75) is 6.54 Å². The molecule has 0 aromatic heterocycles. The highest BCUT2D eigenvalue weighted by Gasteiger charge is 2.07. The highest BCUT2D eigenvalue weighted by Crippen LogP contribution is 2.20. The number of anilines is 1. The van der Waals surface area contributed by atoms with Crippen molar-refractivity contribution in [1.82, 2.24) is 0 Å². The third-order valence-corrected chi connectivity index (χ3v) is 3.35. The quantitative estimate of drug-likeness (QED) is 0.852. The summed E-state index contributed by atoms with van der Waals surface area (Å²) in [6, 6.07) is 14.3. The second-order valence-corrected chi connectivity index (χ2v) is 5.17. The van der Waals surface area contributed by atoms with Crippen LogP contribution in [0.4, 0.5) is 10.1 Å². The maximum absolute atomic E-state index is 13.7. The highest BCUT2D eigenvalue weighted by molar-refractivity contribution is 9.10. The molecule has 0 amide bonds. The Bertz CT molecular complexity index is 617. The van der Waals surface area contributed by atoms with Crippen molar-refractivity contribution in [3.05, 3.63) is 63.9 Å². The monoisotopic (exact) mass is 318 g/mol. The number of halogens is 2. The first-order chi connectivity index (χ1) is 9.10. The molecule has 2 nitrogen and oxygen atoms in total. The van der Waals surface area contributed by atoms with E-state index in [1.165, 1.54) is 6.07 Å². The van der Waals surface area contributed by atoms with Gasteiger partial charge in [0.25, 0.3) is 0 Å². The van der Waals surface area contributed by atoms with Gasteiger partial charge in [0.1, 0.15) is 5.82 Å². The minimum absolute atomic E-state index is 0.227. The number of rotatable bonds is 3. The van der Waals surface area contributed by atoms with E-state index in [4.69, 9.17) is 5.26 Å². The zero-order valence-electron chi connectivity index (χ0n) is 10.4. The normalized spacial score (nSPS) is 10.0. The van der Waals surface area contributed by atoms with Crippen LogP contribution in [0.1, 0.15) is 11.1 Å². The van der Waals surface area contributed by atoms with Crippen LogP contribution in [0.3, 0.4) is 0 Å². The van der Waals surface area contributed by atoms with E-state index in [-0.39, 0.29) is 5.82 Å². The van der Waals surface area contributed by atoms with Gasteiger partial charge in [-0.2, -0.15) is 5.26 Å². The summed E-state index contributed by atoms with van der Waals surface area (Å²) in [7, 11) is 1.89. The van der Waals surface area contributed by atoms with Crippen LogP contribution in [0.2, 0.25) is 0 Å². The molecule has 0 radical (unpaired) electrons. The van der Waals surface area contributed by atoms with E-state index in [2.05, 4.69) is 22.0 Å². The summed E-state index contributed by atoms with van der Waals surface area (Å²) in [6.07, 6.45) is 0. The lowest BCUT2D eigenvalue weighted by atomic mass is 10.1. The van der Waals surface area contributed by atoms with E-state index in [1.54, 1.807) is 18.2 Å². The molecule has 2 rings (SSSR count). The fourth-order valence-corrected chi connectivity index (χ4v) is 2.12. The van der Waals surface area contributed by atoms with E-state index >= 15 is 0 Å². The van der Waals surface area contributed by atoms with Gasteiger partial charge < -0.3 is 4.90 Å². The zero-order valence-corrected chi connectivity index (χ0v) is 12.0. The van der Waals surface area contributed by atoms with Crippen molar-refractivity contribution in [2.75, 3.05) is 11.9 Å². The SMILES string of the molecule is CN(Cc1ccc(Br)cc1F)c1ccc(C#N)cc1. The van der Waals surface area contributed by atoms with Gasteiger partial charge >= 0.3 is 0 Å². The second kappa shape index (κ2) is 5.85. The lowest BCUT2D eigenvalue weighted by Gasteiger charge is -2.19. The number of hydrogen-bond donors (Lipinski definition) is 0. The van der Waals surface area contributed by atoms with Crippen LogP contribution in [0.5, 0.6) is 0 Å². The van der Waals surface area contributed by atoms with Gasteiger partial charge in [-0.25, -0.2) is 4.39 Å². The van der Waals surface area contributed by atoms with Crippen LogP contribution in [0.25, 0.3) is 0 Å². The largest absolute Gasteiger partial charge is 0.370 e. The predicted molar refractivity (Wildman–Crippen MR) is 77.4 cm³/mol. The molecule has 4 heteroatoms. The minimum atomic E-state index is -0.227. The standard InChI is InChI=1S/C15H12BrFN2/c1-19(14-6-2-11(9-18)3-7-14)10-12-4-5-13(16)8-15(12)17/h2-8H,10H2,1H3. The van der Waals surface area contributed by atoms with Gasteiger partial charge in [0.2, 0.25) is 0 Å². The Kier molecular flexibility index (Phi) is 4.18. The van der Waals surface area contributed by atoms with Gasteiger partial charge in [0.15, 0.2) is 0 Å². The van der Waals surface area contributed by atoms with Gasteiger partial charge in [-0.15, -0.1) is 0 Å². The molecule has 2 aromatic carbocycles. The molecule has 0 aliphatic carbocycles. The van der Waals surface area contributed by atoms with E-state index in [0.717, 1.165) is 10.2 Å². The number of nitrogens with zero attached hydrogens (tertiary/aromatic N) is 2. The van der Waals surface area contributed by atoms with Crippen LogP contribution < -0.4 is 4.90 Å². The van der Waals surface area contributed by atoms with Gasteiger partial charge in [-0.05, 0) is 36.4 Å². The third-order valence-electron chi connectivity index (χ3n) is 2.86. The summed E-state index contributed by atoms with van der Waals surface area (Å²) in [5.41, 5.74) is 2.20. The molecular formula is C15H12BrFN2. The fraction of sp³-hybridized carbons (Fsp3) is 0.133. The van der Waals surface area contributed by atoms with Gasteiger partial charge in [-0.3, -0.25) is 0 Å². The average molecular weight is 319 g/mol. The molecule has 2 aromatic rings. The molecule has 96 valence electrons. The Labute approximate surface area is 120 Å². The van der Waals surface area contributed by atoms with Crippen molar-refractivity contribution in [3.8, 4) is 6.07 Å². The molecule has 0 saturated carbocycles. The van der Waals surface area contributed by atoms with Crippen molar-refractivity contribution in [3.63, 3.8) is 0 Å². The second-order valence-electron chi connectivity index (χ2n) is 4.25. The first-order valence-corrected chi connectivity index (χ1v) is 6.54. The molecule has 0 saturated heterocycles. The molecule has 0 fully saturated rings. The Morgan fingerprint density at radius 3 is 2.47 bits per heavy atom. The van der Waals surface area contributed by atoms with Gasteiger partial charge in [-0.1, -0.05) is 22.0 Å². The lowest BCUT2D eigenvalue weighted by molar-refractivity contribution is 0.607. The van der Waals surface area contributed by atoms with Crippen molar-refractivity contribution >= 4 is 21.6 Å². The molecule has 0 aliphatic rings. The van der Waals surface area contributed by atoms with Crippen LogP contribution >= 0.6 is 15.9 Å². The van der Waals surface area contributed by atoms with E-state index in [9.17, 15) is 4.39 Å². The predicted octanol–water partition coefficient (Wildman–Crippen LogP) is 4.10. The van der Waals surface area contributed by atoms with E-state index in [1.807, 2.05) is 30.1 Å². The highest BCUT2D eigenvalue weighted by atomic mass is 79.9. The summed E-state index contributed by atoms with van der Waals surface area (Å²) >= 11 is 3.24. The lowest BCUT2D eigenvalue weighted by Crippen LogP contribution is -2.17. The van der Waals surface area contributed by atoms with Crippen LogP contribution in [-0.4, -0.2) is 7.05 Å². The minimum Gasteiger partial charge on any atom is -0.370 e. The maximum Gasteiger partial charge on any atom is 0.129 e. The van der Waals surface area contributed by atoms with E-state index < -0.39 is 0 Å². The summed E-state index contributed by atoms with van der Waals surface area (Å²) in [5, 5.41) is 8.75. The van der Waals surface area contributed by atoms with E-state index in [0.29, 0.717) is 17.7 Å². The topological polar surface area (TPSA) is 27.0 Å². The van der Waals surface area contributed by atoms with Crippen molar-refractivity contribution < 1.29 is 4.39 Å². The molecule has 0 N–H and O–H groups in total. The summed E-state index contributed by atoms with van der Waals surface area (Å²) in [6.45, 7) is 0.477. The smallest absolute Gasteiger partial charge is 0.129 e. The fourth-order valence-electron chi connectivity index (χ4n) is 1.79. The third kappa shape index (κ3) is 3.33. The van der Waals surface area contributed by atoms with Crippen LogP contribution in [0.15, 0.2) is 46.9 Å². The average Bonchev–Trinajstić information content (AvgIpc) is 2.42. The molecule has 0 atom stereocenters. The molecule has 0 spiro atoms. The Balaban J connectivity index is 2.16. The van der Waals surface area contributed by atoms with Crippen molar-refractivity contribution in [2.24, 2.45) is 0 Å². The van der Waals surface area contributed by atoms with Gasteiger partial charge in [0.05, 0.1) is 11.6 Å². The number of nitriles is 1. The molecular weight excluding hydrogens is 307 g/mol. The summed E-state index contributed by atoms with van der Waals surface area (Å²) in [5.74, 6) is -0.227. The molecule has 0 heterocycles. The molecule has 0 aliphatic heterocycles. The number of benzene rings is 2. The zero-order chi connectivity index (χ0) is 13.8. The molecule has 0 bridgehead atoms. The summed E-state index contributed by atoms with van der Waals surface area (Å²) < 4.78 is 14.5. The van der Waals surface area contributed by atoms with Crippen LogP contribution in [0, 0.1) is 17.1 Å². The van der Waals surface area contributed by atoms with Crippen molar-refractivity contribution in [1.29, 1.82) is 5.26 Å². The molecule has 19 heavy (non-hydrogen) atoms. The molecule has 0 unspecified atom stereocenters. The summed E-state index contributed by atoms with van der Waals surface area (Å²) in [4.78, 5) is 1.94. The van der Waals surface area contributed by atoms with Gasteiger partial charge in [0, 0.05) is 29.3 Å². The Morgan fingerprint density at radius 1 is 1.21 bits per heavy atom. The Hall–Kier alpha value is -1.86.